The predicted molar refractivity (Wildman–Crippen MR) is 162 cm³/mol. The van der Waals surface area contributed by atoms with Crippen LogP contribution in [-0.2, 0) is 16.1 Å². The van der Waals surface area contributed by atoms with Gasteiger partial charge in [0.1, 0.15) is 0 Å². The number of aromatic nitrogens is 2. The summed E-state index contributed by atoms with van der Waals surface area (Å²) < 4.78 is 10.8. The molecular formula is C32H26BrN3O3S. The molecule has 0 bridgehead atoms. The Bertz CT molecular complexity index is 1950. The molecule has 0 fully saturated rings. The van der Waals surface area contributed by atoms with E-state index in [2.05, 4.69) is 51.0 Å². The van der Waals surface area contributed by atoms with Crippen molar-refractivity contribution in [2.75, 3.05) is 6.61 Å². The maximum Gasteiger partial charge on any atom is 0.338 e. The largest absolute Gasteiger partial charge is 0.463 e. The highest BCUT2D eigenvalue weighted by molar-refractivity contribution is 9.10. The maximum absolute atomic E-state index is 14.0. The molecule has 8 heteroatoms. The number of fused-ring (bicyclic) bond motifs is 2. The van der Waals surface area contributed by atoms with Gasteiger partial charge in [0.2, 0.25) is 0 Å². The second-order valence-electron chi connectivity index (χ2n) is 9.57. The molecule has 0 spiro atoms. The molecule has 40 heavy (non-hydrogen) atoms. The van der Waals surface area contributed by atoms with Crippen LogP contribution in [0.25, 0.3) is 17.0 Å². The van der Waals surface area contributed by atoms with E-state index < -0.39 is 12.0 Å². The van der Waals surface area contributed by atoms with Crippen molar-refractivity contribution in [1.29, 1.82) is 0 Å². The Labute approximate surface area is 243 Å². The van der Waals surface area contributed by atoms with Crippen molar-refractivity contribution in [2.24, 2.45) is 4.99 Å². The molecule has 200 valence electrons. The van der Waals surface area contributed by atoms with Crippen molar-refractivity contribution in [3.63, 3.8) is 0 Å². The smallest absolute Gasteiger partial charge is 0.338 e. The maximum atomic E-state index is 14.0. The topological polar surface area (TPSA) is 65.6 Å². The third-order valence-electron chi connectivity index (χ3n) is 7.00. The number of thiazole rings is 1. The molecule has 0 saturated heterocycles. The zero-order valence-electron chi connectivity index (χ0n) is 22.0. The SMILES string of the molecule is CCOC(=O)C1=C(C)N=c2s/c(=C/c3cn(Cc4ccc(Br)cc4)c4ccccc34)c(=O)n2[C@H]1c1ccccc1. The zero-order chi connectivity index (χ0) is 27.8. The fourth-order valence-corrected chi connectivity index (χ4v) is 6.49. The van der Waals surface area contributed by atoms with Crippen molar-refractivity contribution >= 4 is 50.2 Å². The number of para-hydroxylation sites is 1. The lowest BCUT2D eigenvalue weighted by Crippen LogP contribution is -2.39. The number of carbonyl (C=O) groups excluding carboxylic acids is 1. The first kappa shape index (κ1) is 26.2. The van der Waals surface area contributed by atoms with E-state index in [0.717, 1.165) is 26.5 Å². The summed E-state index contributed by atoms with van der Waals surface area (Å²) in [6.07, 6.45) is 4.03. The van der Waals surface area contributed by atoms with Crippen LogP contribution in [0.2, 0.25) is 0 Å². The van der Waals surface area contributed by atoms with Crippen LogP contribution >= 0.6 is 27.3 Å². The molecule has 1 aliphatic heterocycles. The molecule has 6 nitrogen and oxygen atoms in total. The van der Waals surface area contributed by atoms with Gasteiger partial charge in [-0.3, -0.25) is 9.36 Å². The monoisotopic (exact) mass is 611 g/mol. The van der Waals surface area contributed by atoms with Gasteiger partial charge in [-0.1, -0.05) is 87.9 Å². The van der Waals surface area contributed by atoms with E-state index >= 15 is 0 Å². The van der Waals surface area contributed by atoms with E-state index in [9.17, 15) is 9.59 Å². The molecule has 3 aromatic carbocycles. The molecule has 0 N–H and O–H groups in total. The zero-order valence-corrected chi connectivity index (χ0v) is 24.4. The molecule has 1 aliphatic rings. The lowest BCUT2D eigenvalue weighted by molar-refractivity contribution is -0.139. The Kier molecular flexibility index (Phi) is 7.12. The highest BCUT2D eigenvalue weighted by Gasteiger charge is 2.33. The number of hydrogen-bond donors (Lipinski definition) is 0. The number of ether oxygens (including phenoxy) is 1. The van der Waals surface area contributed by atoms with Gasteiger partial charge in [-0.15, -0.1) is 0 Å². The third-order valence-corrected chi connectivity index (χ3v) is 8.52. The van der Waals surface area contributed by atoms with Crippen LogP contribution < -0.4 is 14.9 Å². The van der Waals surface area contributed by atoms with E-state index in [1.54, 1.807) is 18.4 Å². The average Bonchev–Trinajstić information content (AvgIpc) is 3.46. The summed E-state index contributed by atoms with van der Waals surface area (Å²) in [4.78, 5) is 32.3. The van der Waals surface area contributed by atoms with Gasteiger partial charge >= 0.3 is 5.97 Å². The average molecular weight is 613 g/mol. The second kappa shape index (κ2) is 10.9. The lowest BCUT2D eigenvalue weighted by Gasteiger charge is -2.24. The van der Waals surface area contributed by atoms with Gasteiger partial charge in [-0.05, 0) is 49.2 Å². The van der Waals surface area contributed by atoms with E-state index in [0.29, 0.717) is 27.1 Å². The van der Waals surface area contributed by atoms with E-state index in [-0.39, 0.29) is 12.2 Å². The van der Waals surface area contributed by atoms with Crippen molar-refractivity contribution in [1.82, 2.24) is 9.13 Å². The van der Waals surface area contributed by atoms with Crippen LogP contribution in [0.5, 0.6) is 0 Å². The molecule has 0 saturated carbocycles. The lowest BCUT2D eigenvalue weighted by atomic mass is 9.96. The molecule has 3 heterocycles. The van der Waals surface area contributed by atoms with E-state index in [1.807, 2.05) is 60.7 Å². The minimum atomic E-state index is -0.614. The highest BCUT2D eigenvalue weighted by atomic mass is 79.9. The Morgan fingerprint density at radius 1 is 1.05 bits per heavy atom. The van der Waals surface area contributed by atoms with Gasteiger partial charge in [0.15, 0.2) is 4.80 Å². The van der Waals surface area contributed by atoms with Crippen LogP contribution in [0.4, 0.5) is 0 Å². The fourth-order valence-electron chi connectivity index (χ4n) is 5.19. The quantitative estimate of drug-likeness (QED) is 0.236. The highest BCUT2D eigenvalue weighted by Crippen LogP contribution is 2.30. The molecular weight excluding hydrogens is 586 g/mol. The Balaban J connectivity index is 1.50. The van der Waals surface area contributed by atoms with Crippen LogP contribution in [0, 0.1) is 0 Å². The van der Waals surface area contributed by atoms with E-state index in [1.165, 1.54) is 16.9 Å². The minimum Gasteiger partial charge on any atom is -0.463 e. The number of hydrogen-bond acceptors (Lipinski definition) is 5. The number of carbonyl (C=O) groups is 1. The Hall–Kier alpha value is -4.01. The Morgan fingerprint density at radius 3 is 2.52 bits per heavy atom. The van der Waals surface area contributed by atoms with Crippen molar-refractivity contribution in [3.8, 4) is 0 Å². The summed E-state index contributed by atoms with van der Waals surface area (Å²) >= 11 is 4.84. The summed E-state index contributed by atoms with van der Waals surface area (Å²) in [6.45, 7) is 4.52. The molecule has 0 amide bonds. The first-order valence-electron chi connectivity index (χ1n) is 13.0. The Morgan fingerprint density at radius 2 is 1.77 bits per heavy atom. The van der Waals surface area contributed by atoms with Gasteiger partial charge in [-0.2, -0.15) is 0 Å². The molecule has 0 radical (unpaired) electrons. The number of nitrogens with zero attached hydrogens (tertiary/aromatic N) is 3. The van der Waals surface area contributed by atoms with Crippen LogP contribution in [-0.4, -0.2) is 21.7 Å². The summed E-state index contributed by atoms with van der Waals surface area (Å²) in [5, 5.41) is 1.06. The predicted octanol–water partition coefficient (Wildman–Crippen LogP) is 5.56. The summed E-state index contributed by atoms with van der Waals surface area (Å²) in [5.41, 5.74) is 4.82. The van der Waals surface area contributed by atoms with Crippen molar-refractivity contribution in [2.45, 2.75) is 26.4 Å². The van der Waals surface area contributed by atoms with Gasteiger partial charge < -0.3 is 9.30 Å². The number of halogens is 1. The number of esters is 1. The normalized spacial score (nSPS) is 15.3. The molecule has 0 unspecified atom stereocenters. The molecule has 5 aromatic rings. The third kappa shape index (κ3) is 4.78. The standard InChI is InChI=1S/C32H26BrN3O3S/c1-3-39-31(38)28-20(2)34-32-36(29(28)22-9-5-4-6-10-22)30(37)27(40-32)17-23-19-35(26-12-8-7-11-25(23)26)18-21-13-15-24(33)16-14-21/h4-17,19,29H,3,18H2,1-2H3/b27-17+/t29-/m0/s1. The van der Waals surface area contributed by atoms with Crippen LogP contribution in [0.15, 0.2) is 111 Å². The van der Waals surface area contributed by atoms with Gasteiger partial charge in [0.05, 0.1) is 28.5 Å². The first-order chi connectivity index (χ1) is 19.4. The molecule has 6 rings (SSSR count). The summed E-state index contributed by atoms with van der Waals surface area (Å²) in [7, 11) is 0. The van der Waals surface area contributed by atoms with Crippen molar-refractivity contribution < 1.29 is 9.53 Å². The van der Waals surface area contributed by atoms with Gasteiger partial charge in [0, 0.05) is 33.7 Å². The summed E-state index contributed by atoms with van der Waals surface area (Å²) in [6, 6.07) is 25.5. The summed E-state index contributed by atoms with van der Waals surface area (Å²) in [5.74, 6) is -0.456. The molecule has 1 atom stereocenters. The number of benzene rings is 3. The first-order valence-corrected chi connectivity index (χ1v) is 14.6. The van der Waals surface area contributed by atoms with Gasteiger partial charge in [0.25, 0.3) is 5.56 Å². The van der Waals surface area contributed by atoms with Gasteiger partial charge in [-0.25, -0.2) is 9.79 Å². The van der Waals surface area contributed by atoms with Crippen molar-refractivity contribution in [3.05, 3.63) is 137 Å². The second-order valence-corrected chi connectivity index (χ2v) is 11.5. The molecule has 0 aliphatic carbocycles. The number of rotatable bonds is 6. The fraction of sp³-hybridized carbons (Fsp3) is 0.156. The molecule has 2 aromatic heterocycles. The van der Waals surface area contributed by atoms with Crippen LogP contribution in [0.1, 0.15) is 36.6 Å². The number of allylic oxidation sites excluding steroid dienone is 1. The minimum absolute atomic E-state index is 0.184. The van der Waals surface area contributed by atoms with E-state index in [4.69, 9.17) is 9.73 Å². The van der Waals surface area contributed by atoms with Crippen LogP contribution in [0.3, 0.4) is 0 Å².